The zero-order valence-corrected chi connectivity index (χ0v) is 12.8. The van der Waals surface area contributed by atoms with E-state index in [4.69, 9.17) is 5.11 Å². The van der Waals surface area contributed by atoms with Gasteiger partial charge in [0.1, 0.15) is 6.29 Å². The molecule has 4 heteroatoms. The lowest BCUT2D eigenvalue weighted by molar-refractivity contribution is -0.136. The number of para-hydroxylation sites is 1. The second-order valence-corrected chi connectivity index (χ2v) is 5.92. The number of hydrogen-bond acceptors (Lipinski definition) is 3. The summed E-state index contributed by atoms with van der Waals surface area (Å²) in [5.74, 6) is -0.773. The first kappa shape index (κ1) is 15.3. The standard InChI is InChI=1S/C19H19NO3/c21-13-16-11-20(12-17(16)14-6-2-1-3-7-14)18-9-5-4-8-15(18)10-19(22)23/h1-9,13,16-17H,10-12H2,(H,22,23). The number of carboxylic acids is 1. The SMILES string of the molecule is O=CC1CN(c2ccccc2CC(=O)O)CC1c1ccccc1. The van der Waals surface area contributed by atoms with E-state index in [1.165, 1.54) is 0 Å². The summed E-state index contributed by atoms with van der Waals surface area (Å²) in [6.07, 6.45) is 1.02. The number of benzene rings is 2. The molecule has 2 unspecified atom stereocenters. The summed E-state index contributed by atoms with van der Waals surface area (Å²) in [5, 5.41) is 9.09. The first-order valence-corrected chi connectivity index (χ1v) is 7.74. The molecular weight excluding hydrogens is 290 g/mol. The average Bonchev–Trinajstić information content (AvgIpc) is 3.00. The van der Waals surface area contributed by atoms with Gasteiger partial charge in [-0.05, 0) is 17.2 Å². The molecule has 23 heavy (non-hydrogen) atoms. The number of carboxylic acid groups (broad SMARTS) is 1. The average molecular weight is 309 g/mol. The molecule has 0 aromatic heterocycles. The van der Waals surface area contributed by atoms with Crippen molar-refractivity contribution in [3.8, 4) is 0 Å². The number of aldehydes is 1. The van der Waals surface area contributed by atoms with Gasteiger partial charge in [0, 0.05) is 30.6 Å². The summed E-state index contributed by atoms with van der Waals surface area (Å²) in [4.78, 5) is 24.7. The summed E-state index contributed by atoms with van der Waals surface area (Å²) in [6, 6.07) is 17.6. The second kappa shape index (κ2) is 6.65. The minimum absolute atomic E-state index is 0.00552. The van der Waals surface area contributed by atoms with Crippen LogP contribution in [0.3, 0.4) is 0 Å². The van der Waals surface area contributed by atoms with Gasteiger partial charge in [0.15, 0.2) is 0 Å². The molecule has 4 nitrogen and oxygen atoms in total. The zero-order valence-electron chi connectivity index (χ0n) is 12.8. The molecule has 2 aromatic carbocycles. The highest BCUT2D eigenvalue weighted by Gasteiger charge is 2.34. The van der Waals surface area contributed by atoms with Crippen LogP contribution in [0.15, 0.2) is 54.6 Å². The van der Waals surface area contributed by atoms with Crippen molar-refractivity contribution in [1.82, 2.24) is 0 Å². The van der Waals surface area contributed by atoms with Gasteiger partial charge in [-0.2, -0.15) is 0 Å². The molecule has 2 atom stereocenters. The number of anilines is 1. The van der Waals surface area contributed by atoms with Crippen molar-refractivity contribution in [3.05, 3.63) is 65.7 Å². The maximum atomic E-state index is 11.5. The predicted octanol–water partition coefficient (Wildman–Crippen LogP) is 2.73. The molecule has 0 saturated carbocycles. The molecule has 0 radical (unpaired) electrons. The lowest BCUT2D eigenvalue weighted by Crippen LogP contribution is -2.22. The van der Waals surface area contributed by atoms with E-state index in [-0.39, 0.29) is 18.3 Å². The van der Waals surface area contributed by atoms with E-state index in [2.05, 4.69) is 4.90 Å². The third-order valence-electron chi connectivity index (χ3n) is 4.44. The fourth-order valence-corrected chi connectivity index (χ4v) is 3.35. The van der Waals surface area contributed by atoms with E-state index in [0.29, 0.717) is 6.54 Å². The lowest BCUT2D eigenvalue weighted by Gasteiger charge is -2.21. The monoisotopic (exact) mass is 309 g/mol. The first-order chi connectivity index (χ1) is 11.2. The molecule has 1 N–H and O–H groups in total. The van der Waals surface area contributed by atoms with E-state index in [9.17, 15) is 9.59 Å². The molecule has 3 rings (SSSR count). The molecule has 118 valence electrons. The molecule has 0 amide bonds. The Kier molecular flexibility index (Phi) is 4.42. The lowest BCUT2D eigenvalue weighted by atomic mass is 9.90. The number of hydrogen-bond donors (Lipinski definition) is 1. The van der Waals surface area contributed by atoms with Crippen LogP contribution >= 0.6 is 0 Å². The molecule has 1 heterocycles. The Labute approximate surface area is 135 Å². The summed E-state index contributed by atoms with van der Waals surface area (Å²) in [6.45, 7) is 1.35. The minimum atomic E-state index is -0.844. The van der Waals surface area contributed by atoms with Gasteiger partial charge in [-0.15, -0.1) is 0 Å². The Hall–Kier alpha value is -2.62. The van der Waals surface area contributed by atoms with Crippen molar-refractivity contribution < 1.29 is 14.7 Å². The highest BCUT2D eigenvalue weighted by Crippen LogP contribution is 2.35. The van der Waals surface area contributed by atoms with E-state index >= 15 is 0 Å². The number of aliphatic carboxylic acids is 1. The van der Waals surface area contributed by atoms with Crippen LogP contribution < -0.4 is 4.90 Å². The number of carbonyl (C=O) groups excluding carboxylic acids is 1. The maximum Gasteiger partial charge on any atom is 0.307 e. The molecule has 2 aromatic rings. The molecule has 0 spiro atoms. The minimum Gasteiger partial charge on any atom is -0.481 e. The third-order valence-corrected chi connectivity index (χ3v) is 4.44. The molecule has 1 aliphatic heterocycles. The van der Waals surface area contributed by atoms with Crippen molar-refractivity contribution in [2.24, 2.45) is 5.92 Å². The van der Waals surface area contributed by atoms with Gasteiger partial charge in [0.25, 0.3) is 0 Å². The Balaban J connectivity index is 1.88. The fourth-order valence-electron chi connectivity index (χ4n) is 3.35. The summed E-state index contributed by atoms with van der Waals surface area (Å²) < 4.78 is 0. The van der Waals surface area contributed by atoms with Crippen molar-refractivity contribution in [3.63, 3.8) is 0 Å². The summed E-state index contributed by atoms with van der Waals surface area (Å²) >= 11 is 0. The van der Waals surface area contributed by atoms with Gasteiger partial charge in [-0.1, -0.05) is 48.5 Å². The van der Waals surface area contributed by atoms with Crippen LogP contribution in [0.5, 0.6) is 0 Å². The predicted molar refractivity (Wildman–Crippen MR) is 88.7 cm³/mol. The highest BCUT2D eigenvalue weighted by molar-refractivity contribution is 5.74. The van der Waals surface area contributed by atoms with Crippen molar-refractivity contribution in [2.75, 3.05) is 18.0 Å². The largest absolute Gasteiger partial charge is 0.481 e. The van der Waals surface area contributed by atoms with Crippen molar-refractivity contribution >= 4 is 17.9 Å². The Bertz CT molecular complexity index is 699. The molecule has 1 saturated heterocycles. The summed E-state index contributed by atoms with van der Waals surface area (Å²) in [7, 11) is 0. The first-order valence-electron chi connectivity index (χ1n) is 7.74. The smallest absolute Gasteiger partial charge is 0.307 e. The maximum absolute atomic E-state index is 11.5. The van der Waals surface area contributed by atoms with Crippen LogP contribution in [0.1, 0.15) is 17.0 Å². The van der Waals surface area contributed by atoms with E-state index in [1.54, 1.807) is 0 Å². The third kappa shape index (κ3) is 3.26. The molecular formula is C19H19NO3. The van der Waals surface area contributed by atoms with Crippen LogP contribution in [0.2, 0.25) is 0 Å². The van der Waals surface area contributed by atoms with Gasteiger partial charge in [-0.3, -0.25) is 4.79 Å². The van der Waals surface area contributed by atoms with Gasteiger partial charge in [0.05, 0.1) is 6.42 Å². The molecule has 0 aliphatic carbocycles. The van der Waals surface area contributed by atoms with Gasteiger partial charge < -0.3 is 14.8 Å². The number of nitrogens with zero attached hydrogens (tertiary/aromatic N) is 1. The molecule has 1 aliphatic rings. The number of rotatable bonds is 5. The van der Waals surface area contributed by atoms with Crippen LogP contribution in [0.25, 0.3) is 0 Å². The van der Waals surface area contributed by atoms with E-state index in [0.717, 1.165) is 29.6 Å². The topological polar surface area (TPSA) is 57.6 Å². The van der Waals surface area contributed by atoms with Crippen molar-refractivity contribution in [2.45, 2.75) is 12.3 Å². The van der Waals surface area contributed by atoms with E-state index in [1.807, 2.05) is 54.6 Å². The van der Waals surface area contributed by atoms with Crippen molar-refractivity contribution in [1.29, 1.82) is 0 Å². The van der Waals surface area contributed by atoms with Crippen LogP contribution in [-0.2, 0) is 16.0 Å². The Morgan fingerprint density at radius 3 is 2.48 bits per heavy atom. The highest BCUT2D eigenvalue weighted by atomic mass is 16.4. The molecule has 0 bridgehead atoms. The molecule has 1 fully saturated rings. The van der Waals surface area contributed by atoms with Gasteiger partial charge in [0.2, 0.25) is 0 Å². The van der Waals surface area contributed by atoms with E-state index < -0.39 is 5.97 Å². The fraction of sp³-hybridized carbons (Fsp3) is 0.263. The van der Waals surface area contributed by atoms with Gasteiger partial charge in [-0.25, -0.2) is 0 Å². The van der Waals surface area contributed by atoms with Crippen LogP contribution in [0.4, 0.5) is 5.69 Å². The van der Waals surface area contributed by atoms with Gasteiger partial charge >= 0.3 is 5.97 Å². The summed E-state index contributed by atoms with van der Waals surface area (Å²) in [5.41, 5.74) is 2.86. The quantitative estimate of drug-likeness (QED) is 0.863. The second-order valence-electron chi connectivity index (χ2n) is 5.92. The van der Waals surface area contributed by atoms with Crippen LogP contribution in [-0.4, -0.2) is 30.5 Å². The number of carbonyl (C=O) groups is 2. The Morgan fingerprint density at radius 2 is 1.78 bits per heavy atom. The zero-order chi connectivity index (χ0) is 16.2. The normalized spacial score (nSPS) is 20.4. The Morgan fingerprint density at radius 1 is 1.09 bits per heavy atom. The van der Waals surface area contributed by atoms with Crippen LogP contribution in [0, 0.1) is 5.92 Å².